The lowest BCUT2D eigenvalue weighted by molar-refractivity contribution is 1.10. The molecule has 0 fully saturated rings. The normalized spacial score (nSPS) is 9.92. The van der Waals surface area contributed by atoms with E-state index in [1.807, 2.05) is 45.2 Å². The zero-order valence-corrected chi connectivity index (χ0v) is 9.26. The maximum Gasteiger partial charge on any atom is 0.0640 e. The molecule has 0 aliphatic carbocycles. The summed E-state index contributed by atoms with van der Waals surface area (Å²) >= 11 is 6.04. The Labute approximate surface area is 84.7 Å². The van der Waals surface area contributed by atoms with Crippen LogP contribution in [-0.4, -0.2) is 28.2 Å². The summed E-state index contributed by atoms with van der Waals surface area (Å²) in [7, 11) is 8.01. The van der Waals surface area contributed by atoms with Crippen LogP contribution in [0.1, 0.15) is 0 Å². The van der Waals surface area contributed by atoms with Crippen molar-refractivity contribution in [1.82, 2.24) is 0 Å². The summed E-state index contributed by atoms with van der Waals surface area (Å²) in [5.74, 6) is 0. The van der Waals surface area contributed by atoms with Crippen LogP contribution in [0.25, 0.3) is 0 Å². The third-order valence-electron chi connectivity index (χ3n) is 1.93. The van der Waals surface area contributed by atoms with Crippen molar-refractivity contribution in [2.45, 2.75) is 0 Å². The molecule has 0 aromatic heterocycles. The van der Waals surface area contributed by atoms with E-state index in [0.29, 0.717) is 0 Å². The molecular weight excluding hydrogens is 184 g/mol. The number of anilines is 2. The van der Waals surface area contributed by atoms with E-state index in [4.69, 9.17) is 11.6 Å². The van der Waals surface area contributed by atoms with Crippen LogP contribution in [0.3, 0.4) is 0 Å². The van der Waals surface area contributed by atoms with E-state index in [1.165, 1.54) is 0 Å². The van der Waals surface area contributed by atoms with Crippen LogP contribution in [0.2, 0.25) is 5.02 Å². The van der Waals surface area contributed by atoms with Crippen molar-refractivity contribution in [3.8, 4) is 0 Å². The van der Waals surface area contributed by atoms with Gasteiger partial charge in [0.05, 0.1) is 10.7 Å². The molecular formula is C10H15ClN2. The van der Waals surface area contributed by atoms with Crippen LogP contribution in [0.4, 0.5) is 11.4 Å². The Morgan fingerprint density at radius 2 is 1.62 bits per heavy atom. The minimum Gasteiger partial charge on any atom is -0.378 e. The highest BCUT2D eigenvalue weighted by Gasteiger charge is 2.04. The number of rotatable bonds is 2. The first kappa shape index (κ1) is 10.2. The number of hydrogen-bond donors (Lipinski definition) is 0. The van der Waals surface area contributed by atoms with Gasteiger partial charge in [-0.2, -0.15) is 0 Å². The van der Waals surface area contributed by atoms with Gasteiger partial charge in [-0.1, -0.05) is 11.6 Å². The lowest BCUT2D eigenvalue weighted by atomic mass is 10.2. The maximum absolute atomic E-state index is 6.04. The molecule has 3 heteroatoms. The molecule has 0 bridgehead atoms. The van der Waals surface area contributed by atoms with E-state index in [1.54, 1.807) is 0 Å². The van der Waals surface area contributed by atoms with Crippen molar-refractivity contribution >= 4 is 23.0 Å². The smallest absolute Gasteiger partial charge is 0.0640 e. The van der Waals surface area contributed by atoms with Crippen LogP contribution >= 0.6 is 11.6 Å². The molecule has 72 valence electrons. The summed E-state index contributed by atoms with van der Waals surface area (Å²) < 4.78 is 0. The van der Waals surface area contributed by atoms with Crippen LogP contribution in [0.15, 0.2) is 18.2 Å². The molecule has 0 aliphatic rings. The molecule has 2 nitrogen and oxygen atoms in total. The van der Waals surface area contributed by atoms with E-state index < -0.39 is 0 Å². The van der Waals surface area contributed by atoms with Gasteiger partial charge in [0.2, 0.25) is 0 Å². The molecule has 0 aliphatic heterocycles. The number of nitrogens with zero attached hydrogens (tertiary/aromatic N) is 2. The van der Waals surface area contributed by atoms with Gasteiger partial charge in [0, 0.05) is 33.9 Å². The van der Waals surface area contributed by atoms with Crippen molar-refractivity contribution in [2.75, 3.05) is 38.0 Å². The first-order valence-corrected chi connectivity index (χ1v) is 4.54. The summed E-state index contributed by atoms with van der Waals surface area (Å²) in [6.45, 7) is 0. The highest BCUT2D eigenvalue weighted by Crippen LogP contribution is 2.28. The Bertz CT molecular complexity index is 295. The first-order valence-electron chi connectivity index (χ1n) is 4.16. The van der Waals surface area contributed by atoms with Crippen LogP contribution < -0.4 is 9.80 Å². The Morgan fingerprint density at radius 3 is 2.08 bits per heavy atom. The van der Waals surface area contributed by atoms with Gasteiger partial charge in [0.15, 0.2) is 0 Å². The second-order valence-electron chi connectivity index (χ2n) is 3.42. The lowest BCUT2D eigenvalue weighted by Gasteiger charge is -2.19. The molecule has 0 atom stereocenters. The van der Waals surface area contributed by atoms with Gasteiger partial charge in [-0.3, -0.25) is 0 Å². The average Bonchev–Trinajstić information content (AvgIpc) is 2.04. The first-order chi connectivity index (χ1) is 6.02. The fourth-order valence-electron chi connectivity index (χ4n) is 1.12. The summed E-state index contributed by atoms with van der Waals surface area (Å²) in [4.78, 5) is 4.07. The lowest BCUT2D eigenvalue weighted by Crippen LogP contribution is -2.12. The third-order valence-corrected chi connectivity index (χ3v) is 2.25. The predicted molar refractivity (Wildman–Crippen MR) is 60.1 cm³/mol. The SMILES string of the molecule is CN(C)c1ccc(Cl)c(N(C)C)c1. The molecule has 0 spiro atoms. The number of hydrogen-bond acceptors (Lipinski definition) is 2. The molecule has 0 saturated heterocycles. The Balaban J connectivity index is 3.11. The number of halogens is 1. The Hall–Kier alpha value is -0.890. The second kappa shape index (κ2) is 3.88. The highest BCUT2D eigenvalue weighted by atomic mass is 35.5. The molecule has 0 radical (unpaired) electrons. The molecule has 0 heterocycles. The van der Waals surface area contributed by atoms with Crippen molar-refractivity contribution in [3.05, 3.63) is 23.2 Å². The van der Waals surface area contributed by atoms with Gasteiger partial charge in [0.25, 0.3) is 0 Å². The van der Waals surface area contributed by atoms with E-state index >= 15 is 0 Å². The summed E-state index contributed by atoms with van der Waals surface area (Å²) in [6, 6.07) is 6.00. The topological polar surface area (TPSA) is 6.48 Å². The predicted octanol–water partition coefficient (Wildman–Crippen LogP) is 2.47. The van der Waals surface area contributed by atoms with Crippen molar-refractivity contribution in [3.63, 3.8) is 0 Å². The van der Waals surface area contributed by atoms with E-state index in [-0.39, 0.29) is 0 Å². The summed E-state index contributed by atoms with van der Waals surface area (Å²) in [5.41, 5.74) is 2.21. The summed E-state index contributed by atoms with van der Waals surface area (Å²) in [6.07, 6.45) is 0. The quantitative estimate of drug-likeness (QED) is 0.721. The molecule has 1 rings (SSSR count). The van der Waals surface area contributed by atoms with Gasteiger partial charge in [-0.05, 0) is 18.2 Å². The van der Waals surface area contributed by atoms with Gasteiger partial charge in [-0.15, -0.1) is 0 Å². The van der Waals surface area contributed by atoms with Gasteiger partial charge >= 0.3 is 0 Å². The number of benzene rings is 1. The molecule has 0 N–H and O–H groups in total. The van der Waals surface area contributed by atoms with Gasteiger partial charge in [0.1, 0.15) is 0 Å². The monoisotopic (exact) mass is 198 g/mol. The van der Waals surface area contributed by atoms with Crippen molar-refractivity contribution < 1.29 is 0 Å². The fourth-order valence-corrected chi connectivity index (χ4v) is 1.41. The minimum absolute atomic E-state index is 0.788. The molecule has 13 heavy (non-hydrogen) atoms. The third kappa shape index (κ3) is 2.28. The minimum atomic E-state index is 0.788. The molecule has 1 aromatic rings. The van der Waals surface area contributed by atoms with Gasteiger partial charge < -0.3 is 9.80 Å². The Kier molecular flexibility index (Phi) is 3.04. The van der Waals surface area contributed by atoms with Crippen LogP contribution in [0, 0.1) is 0 Å². The van der Waals surface area contributed by atoms with E-state index in [0.717, 1.165) is 16.4 Å². The van der Waals surface area contributed by atoms with Crippen molar-refractivity contribution in [1.29, 1.82) is 0 Å². The van der Waals surface area contributed by atoms with Gasteiger partial charge in [-0.25, -0.2) is 0 Å². The largest absolute Gasteiger partial charge is 0.378 e. The molecule has 0 unspecified atom stereocenters. The Morgan fingerprint density at radius 1 is 1.00 bits per heavy atom. The zero-order chi connectivity index (χ0) is 10.0. The molecule has 1 aromatic carbocycles. The highest BCUT2D eigenvalue weighted by molar-refractivity contribution is 6.33. The fraction of sp³-hybridized carbons (Fsp3) is 0.400. The van der Waals surface area contributed by atoms with E-state index in [9.17, 15) is 0 Å². The standard InChI is InChI=1S/C10H15ClN2/c1-12(2)8-5-6-9(11)10(7-8)13(3)4/h5-7H,1-4H3. The van der Waals surface area contributed by atoms with Crippen LogP contribution in [0.5, 0.6) is 0 Å². The maximum atomic E-state index is 6.04. The van der Waals surface area contributed by atoms with Crippen LogP contribution in [-0.2, 0) is 0 Å². The van der Waals surface area contributed by atoms with Crippen molar-refractivity contribution in [2.24, 2.45) is 0 Å². The second-order valence-corrected chi connectivity index (χ2v) is 3.83. The molecule has 0 amide bonds. The summed E-state index contributed by atoms with van der Waals surface area (Å²) in [5, 5.41) is 0.788. The average molecular weight is 199 g/mol. The van der Waals surface area contributed by atoms with E-state index in [2.05, 4.69) is 11.0 Å². The molecule has 0 saturated carbocycles. The zero-order valence-electron chi connectivity index (χ0n) is 8.50.